The molecule has 0 saturated carbocycles. The van der Waals surface area contributed by atoms with Crippen LogP contribution >= 0.6 is 0 Å². The van der Waals surface area contributed by atoms with E-state index in [1.807, 2.05) is 0 Å². The summed E-state index contributed by atoms with van der Waals surface area (Å²) < 4.78 is 65.4. The Balaban J connectivity index is 2.19. The maximum absolute atomic E-state index is 13.5. The van der Waals surface area contributed by atoms with Crippen molar-refractivity contribution in [3.05, 3.63) is 96.3 Å². The van der Waals surface area contributed by atoms with Crippen molar-refractivity contribution in [1.29, 1.82) is 0 Å². The van der Waals surface area contributed by atoms with Crippen LogP contribution in [0.1, 0.15) is 18.9 Å². The van der Waals surface area contributed by atoms with E-state index in [9.17, 15) is 26.0 Å². The van der Waals surface area contributed by atoms with Gasteiger partial charge in [-0.2, -0.15) is 0 Å². The van der Waals surface area contributed by atoms with E-state index < -0.39 is 41.9 Å². The van der Waals surface area contributed by atoms with Gasteiger partial charge in [0.2, 0.25) is 0 Å². The molecule has 3 aromatic rings. The van der Waals surface area contributed by atoms with Gasteiger partial charge in [-0.05, 0) is 55.3 Å². The van der Waals surface area contributed by atoms with E-state index in [-0.39, 0.29) is 9.79 Å². The Morgan fingerprint density at radius 3 is 1.58 bits per heavy atom. The molecule has 31 heavy (non-hydrogen) atoms. The van der Waals surface area contributed by atoms with Crippen LogP contribution in [0.3, 0.4) is 0 Å². The van der Waals surface area contributed by atoms with Crippen molar-refractivity contribution >= 4 is 26.0 Å². The molecule has 0 unspecified atom stereocenters. The molecule has 0 fully saturated rings. The molecule has 3 rings (SSSR count). The number of carbonyl (C=O) groups is 1. The van der Waals surface area contributed by atoms with Gasteiger partial charge in [-0.3, -0.25) is 0 Å². The second-order valence-electron chi connectivity index (χ2n) is 7.39. The molecule has 0 spiro atoms. The second kappa shape index (κ2) is 8.72. The van der Waals surface area contributed by atoms with Gasteiger partial charge >= 0.3 is 0 Å². The van der Waals surface area contributed by atoms with Gasteiger partial charge in [0.15, 0.2) is 24.3 Å². The first-order chi connectivity index (χ1) is 14.6. The number of hydrogen-bond donors (Lipinski definition) is 0. The fraction of sp³-hybridized carbons (Fsp3) is 0.174. The fourth-order valence-corrected chi connectivity index (χ4v) is 8.13. The predicted octanol–water partition coefficient (Wildman–Crippen LogP) is 3.95. The molecule has 0 aliphatic rings. The minimum Gasteiger partial charge on any atom is -0.302 e. The van der Waals surface area contributed by atoms with Gasteiger partial charge in [0.1, 0.15) is 12.1 Å². The Hall–Kier alpha value is -2.84. The van der Waals surface area contributed by atoms with Crippen molar-refractivity contribution in [3.8, 4) is 0 Å². The number of halogens is 1. The molecule has 5 nitrogen and oxygen atoms in total. The number of sulfone groups is 2. The highest BCUT2D eigenvalue weighted by Crippen LogP contribution is 2.36. The fourth-order valence-electron chi connectivity index (χ4n) is 3.32. The van der Waals surface area contributed by atoms with Crippen molar-refractivity contribution in [2.45, 2.75) is 33.1 Å². The SMILES string of the molecule is C[C@@](C=O)(CC(S(=O)(=O)c1ccccc1)S(=O)(=O)c1ccccc1)c1ccc(F)cc1. The largest absolute Gasteiger partial charge is 0.302 e. The minimum atomic E-state index is -4.39. The Labute approximate surface area is 181 Å². The quantitative estimate of drug-likeness (QED) is 0.475. The average molecular weight is 461 g/mol. The van der Waals surface area contributed by atoms with Crippen LogP contribution in [0.4, 0.5) is 4.39 Å². The molecule has 0 aromatic heterocycles. The van der Waals surface area contributed by atoms with Crippen molar-refractivity contribution in [2.24, 2.45) is 0 Å². The number of carbonyl (C=O) groups excluding carboxylic acids is 1. The lowest BCUT2D eigenvalue weighted by Gasteiger charge is -2.29. The van der Waals surface area contributed by atoms with Crippen LogP contribution in [0.2, 0.25) is 0 Å². The van der Waals surface area contributed by atoms with E-state index in [0.717, 1.165) is 12.1 Å². The lowest BCUT2D eigenvalue weighted by Crippen LogP contribution is -2.39. The molecular weight excluding hydrogens is 439 g/mol. The molecule has 1 atom stereocenters. The summed E-state index contributed by atoms with van der Waals surface area (Å²) in [6.45, 7) is 1.45. The van der Waals surface area contributed by atoms with Gasteiger partial charge in [0.25, 0.3) is 0 Å². The molecule has 0 aliphatic heterocycles. The predicted molar refractivity (Wildman–Crippen MR) is 115 cm³/mol. The molecule has 0 aliphatic carbocycles. The van der Waals surface area contributed by atoms with Crippen LogP contribution in [0.25, 0.3) is 0 Å². The van der Waals surface area contributed by atoms with E-state index >= 15 is 0 Å². The average Bonchev–Trinajstić information content (AvgIpc) is 2.78. The third-order valence-corrected chi connectivity index (χ3v) is 10.3. The minimum absolute atomic E-state index is 0.160. The second-order valence-corrected chi connectivity index (χ2v) is 12.0. The van der Waals surface area contributed by atoms with Crippen LogP contribution in [-0.2, 0) is 29.9 Å². The van der Waals surface area contributed by atoms with Gasteiger partial charge in [-0.25, -0.2) is 21.2 Å². The lowest BCUT2D eigenvalue weighted by atomic mass is 9.81. The van der Waals surface area contributed by atoms with E-state index in [0.29, 0.717) is 11.8 Å². The normalized spacial score (nSPS) is 14.2. The van der Waals surface area contributed by atoms with Crippen LogP contribution in [0.5, 0.6) is 0 Å². The topological polar surface area (TPSA) is 85.3 Å². The third-order valence-electron chi connectivity index (χ3n) is 5.19. The molecular formula is C23H21FO5S2. The Morgan fingerprint density at radius 1 is 0.774 bits per heavy atom. The highest BCUT2D eigenvalue weighted by molar-refractivity contribution is 8.09. The van der Waals surface area contributed by atoms with E-state index in [4.69, 9.17) is 0 Å². The third kappa shape index (κ3) is 4.60. The molecule has 162 valence electrons. The van der Waals surface area contributed by atoms with Gasteiger partial charge in [-0.15, -0.1) is 0 Å². The maximum atomic E-state index is 13.5. The Kier molecular flexibility index (Phi) is 6.43. The summed E-state index contributed by atoms with van der Waals surface area (Å²) in [6, 6.07) is 19.5. The standard InChI is InChI=1S/C23H21FO5S2/c1-23(17-25,18-12-14-19(24)15-13-18)16-22(30(26,27)20-8-4-2-5-9-20)31(28,29)21-10-6-3-7-11-21/h2-15,17,22H,16H2,1H3/t23-/m0/s1. The number of hydrogen-bond acceptors (Lipinski definition) is 5. The molecule has 0 amide bonds. The van der Waals surface area contributed by atoms with Gasteiger partial charge in [-0.1, -0.05) is 48.5 Å². The van der Waals surface area contributed by atoms with Crippen LogP contribution < -0.4 is 0 Å². The number of benzene rings is 3. The Bertz CT molecular complexity index is 1190. The zero-order chi connectivity index (χ0) is 22.7. The lowest BCUT2D eigenvalue weighted by molar-refractivity contribution is -0.112. The zero-order valence-electron chi connectivity index (χ0n) is 16.7. The first-order valence-corrected chi connectivity index (χ1v) is 12.5. The van der Waals surface area contributed by atoms with Crippen molar-refractivity contribution in [2.75, 3.05) is 0 Å². The summed E-state index contributed by atoms with van der Waals surface area (Å²) in [4.78, 5) is 11.8. The molecule has 0 bridgehead atoms. The van der Waals surface area contributed by atoms with Crippen molar-refractivity contribution < 1.29 is 26.0 Å². The molecule has 8 heteroatoms. The highest BCUT2D eigenvalue weighted by Gasteiger charge is 2.45. The van der Waals surface area contributed by atoms with E-state index in [2.05, 4.69) is 0 Å². The van der Waals surface area contributed by atoms with Gasteiger partial charge < -0.3 is 4.79 Å². The summed E-state index contributed by atoms with van der Waals surface area (Å²) in [5.74, 6) is -0.526. The summed E-state index contributed by atoms with van der Waals surface area (Å²) >= 11 is 0. The Morgan fingerprint density at radius 2 is 1.19 bits per heavy atom. The van der Waals surface area contributed by atoms with E-state index in [1.165, 1.54) is 67.6 Å². The number of rotatable bonds is 8. The molecule has 0 N–H and O–H groups in total. The van der Waals surface area contributed by atoms with Crippen LogP contribution in [-0.4, -0.2) is 27.7 Å². The molecule has 0 radical (unpaired) electrons. The maximum Gasteiger partial charge on any atom is 0.195 e. The van der Waals surface area contributed by atoms with Crippen LogP contribution in [0, 0.1) is 5.82 Å². The zero-order valence-corrected chi connectivity index (χ0v) is 18.3. The van der Waals surface area contributed by atoms with E-state index in [1.54, 1.807) is 12.1 Å². The van der Waals surface area contributed by atoms with Gasteiger partial charge in [0.05, 0.1) is 15.2 Å². The summed E-state index contributed by atoms with van der Waals surface area (Å²) in [5.41, 5.74) is -1.16. The van der Waals surface area contributed by atoms with Crippen molar-refractivity contribution in [3.63, 3.8) is 0 Å². The summed E-state index contributed by atoms with van der Waals surface area (Å²) in [7, 11) is -8.77. The van der Waals surface area contributed by atoms with Crippen LogP contribution in [0.15, 0.2) is 94.7 Å². The summed E-state index contributed by atoms with van der Waals surface area (Å²) in [5, 5.41) is 0. The monoisotopic (exact) mass is 460 g/mol. The molecule has 3 aromatic carbocycles. The summed E-state index contributed by atoms with van der Waals surface area (Å²) in [6.07, 6.45) is -0.0230. The first-order valence-electron chi connectivity index (χ1n) is 9.41. The molecule has 0 saturated heterocycles. The highest BCUT2D eigenvalue weighted by atomic mass is 32.3. The van der Waals surface area contributed by atoms with Crippen molar-refractivity contribution in [1.82, 2.24) is 0 Å². The first kappa shape index (κ1) is 22.8. The van der Waals surface area contributed by atoms with Gasteiger partial charge in [0, 0.05) is 0 Å². The smallest absolute Gasteiger partial charge is 0.195 e. The number of aldehydes is 1. The molecule has 0 heterocycles.